The smallest absolute Gasteiger partial charge is 0.173 e. The molecule has 1 aromatic rings. The number of nitrogens with one attached hydrogen (secondary N) is 1. The van der Waals surface area contributed by atoms with Gasteiger partial charge in [-0.05, 0) is 13.8 Å². The lowest BCUT2D eigenvalue weighted by Crippen LogP contribution is -2.30. The van der Waals surface area contributed by atoms with E-state index in [0.717, 1.165) is 5.82 Å². The molecule has 0 amide bonds. The molecule has 0 saturated carbocycles. The number of rotatable bonds is 4. The quantitative estimate of drug-likeness (QED) is 0.836. The summed E-state index contributed by atoms with van der Waals surface area (Å²) in [6, 6.07) is 0.120. The van der Waals surface area contributed by atoms with Gasteiger partial charge in [-0.2, -0.15) is 5.10 Å². The molecular weight excluding hydrogens is 240 g/mol. The fourth-order valence-corrected chi connectivity index (χ4v) is 3.03. The van der Waals surface area contributed by atoms with Crippen molar-refractivity contribution in [2.24, 2.45) is 0 Å². The molecule has 1 aliphatic heterocycles. The third-order valence-corrected chi connectivity index (χ3v) is 3.98. The first-order valence-electron chi connectivity index (χ1n) is 5.50. The van der Waals surface area contributed by atoms with Crippen LogP contribution >= 0.6 is 0 Å². The van der Waals surface area contributed by atoms with E-state index in [1.165, 1.54) is 11.7 Å². The molecule has 0 aromatic carbocycles. The first kappa shape index (κ1) is 12.3. The van der Waals surface area contributed by atoms with Gasteiger partial charge in [0.2, 0.25) is 0 Å². The monoisotopic (exact) mass is 256 g/mol. The van der Waals surface area contributed by atoms with Crippen molar-refractivity contribution in [1.82, 2.24) is 20.1 Å². The first-order valence-corrected chi connectivity index (χ1v) is 7.22. The Balaban J connectivity index is 1.95. The van der Waals surface area contributed by atoms with Crippen LogP contribution in [0.1, 0.15) is 25.7 Å². The van der Waals surface area contributed by atoms with Crippen LogP contribution in [-0.4, -0.2) is 35.0 Å². The predicted octanol–water partition coefficient (Wildman–Crippen LogP) is 0.259. The van der Waals surface area contributed by atoms with Crippen LogP contribution < -0.4 is 5.32 Å². The van der Waals surface area contributed by atoms with Crippen molar-refractivity contribution in [2.75, 3.05) is 5.75 Å². The summed E-state index contributed by atoms with van der Waals surface area (Å²) in [6.07, 6.45) is 3.18. The number of nitrogens with zero attached hydrogens (tertiary/aromatic N) is 3. The van der Waals surface area contributed by atoms with E-state index in [1.54, 1.807) is 6.08 Å². The molecule has 94 valence electrons. The van der Waals surface area contributed by atoms with Crippen LogP contribution in [-0.2, 0) is 16.4 Å². The van der Waals surface area contributed by atoms with Crippen molar-refractivity contribution in [1.29, 1.82) is 0 Å². The summed E-state index contributed by atoms with van der Waals surface area (Å²) in [5, 5.41) is 8.53. The fourth-order valence-electron chi connectivity index (χ4n) is 1.76. The van der Waals surface area contributed by atoms with Crippen molar-refractivity contribution >= 4 is 9.84 Å². The van der Waals surface area contributed by atoms with Gasteiger partial charge in [0.1, 0.15) is 12.2 Å². The second kappa shape index (κ2) is 4.58. The lowest BCUT2D eigenvalue weighted by Gasteiger charge is -2.12. The van der Waals surface area contributed by atoms with E-state index < -0.39 is 9.84 Å². The number of aromatic nitrogens is 3. The Kier molecular flexibility index (Phi) is 3.30. The zero-order chi connectivity index (χ0) is 12.5. The highest BCUT2D eigenvalue weighted by Crippen LogP contribution is 2.09. The average molecular weight is 256 g/mol. The Labute approximate surface area is 101 Å². The van der Waals surface area contributed by atoms with Gasteiger partial charge in [0, 0.05) is 17.5 Å². The van der Waals surface area contributed by atoms with Crippen LogP contribution in [0.2, 0.25) is 0 Å². The molecule has 0 fully saturated rings. The van der Waals surface area contributed by atoms with Crippen LogP contribution in [0.4, 0.5) is 0 Å². The van der Waals surface area contributed by atoms with Crippen molar-refractivity contribution in [3.63, 3.8) is 0 Å². The Morgan fingerprint density at radius 1 is 1.59 bits per heavy atom. The van der Waals surface area contributed by atoms with Crippen LogP contribution in [0.3, 0.4) is 0 Å². The zero-order valence-electron chi connectivity index (χ0n) is 9.87. The molecule has 2 heterocycles. The van der Waals surface area contributed by atoms with Gasteiger partial charge in [0.05, 0.1) is 12.3 Å². The zero-order valence-corrected chi connectivity index (χ0v) is 10.7. The highest BCUT2D eigenvalue weighted by molar-refractivity contribution is 7.94. The molecule has 1 aliphatic rings. The second-order valence-electron chi connectivity index (χ2n) is 4.36. The van der Waals surface area contributed by atoms with Crippen molar-refractivity contribution in [3.8, 4) is 0 Å². The minimum absolute atomic E-state index is 0.127. The van der Waals surface area contributed by atoms with E-state index in [-0.39, 0.29) is 17.8 Å². The Bertz CT molecular complexity index is 518. The summed E-state index contributed by atoms with van der Waals surface area (Å²) in [6.45, 7) is 4.57. The molecule has 1 atom stereocenters. The summed E-state index contributed by atoms with van der Waals surface area (Å²) in [5.74, 6) is 0.945. The maximum absolute atomic E-state index is 11.2. The molecular formula is C10H16N4O2S. The molecule has 0 bridgehead atoms. The van der Waals surface area contributed by atoms with Gasteiger partial charge < -0.3 is 5.32 Å². The van der Waals surface area contributed by atoms with Crippen molar-refractivity contribution < 1.29 is 8.42 Å². The largest absolute Gasteiger partial charge is 0.302 e. The van der Waals surface area contributed by atoms with E-state index in [4.69, 9.17) is 0 Å². The van der Waals surface area contributed by atoms with Crippen LogP contribution in [0.25, 0.3) is 0 Å². The highest BCUT2D eigenvalue weighted by atomic mass is 32.2. The SMILES string of the molecule is CC(C)n1ncnc1CNC1C=CS(=O)(=O)C1. The average Bonchev–Trinajstić information content (AvgIpc) is 2.81. The van der Waals surface area contributed by atoms with Crippen molar-refractivity contribution in [2.45, 2.75) is 32.5 Å². The molecule has 1 N–H and O–H groups in total. The molecule has 0 aliphatic carbocycles. The predicted molar refractivity (Wildman–Crippen MR) is 64.0 cm³/mol. The Morgan fingerprint density at radius 3 is 2.94 bits per heavy atom. The minimum Gasteiger partial charge on any atom is -0.302 e. The normalized spacial score (nSPS) is 22.4. The lowest BCUT2D eigenvalue weighted by atomic mass is 10.3. The fraction of sp³-hybridized carbons (Fsp3) is 0.600. The standard InChI is InChI=1S/C10H16N4O2S/c1-8(2)14-10(12-7-13-14)5-11-9-3-4-17(15,16)6-9/h3-4,7-9,11H,5-6H2,1-2H3. The van der Waals surface area contributed by atoms with Gasteiger partial charge in [0.25, 0.3) is 0 Å². The number of sulfone groups is 1. The van der Waals surface area contributed by atoms with Gasteiger partial charge in [-0.25, -0.2) is 18.1 Å². The molecule has 0 saturated heterocycles. The third-order valence-electron chi connectivity index (χ3n) is 2.59. The Hall–Kier alpha value is -1.21. The van der Waals surface area contributed by atoms with E-state index in [0.29, 0.717) is 6.54 Å². The second-order valence-corrected chi connectivity index (χ2v) is 6.29. The summed E-state index contributed by atoms with van der Waals surface area (Å²) < 4.78 is 24.3. The van der Waals surface area contributed by atoms with Gasteiger partial charge in [-0.15, -0.1) is 0 Å². The molecule has 0 radical (unpaired) electrons. The maximum atomic E-state index is 11.2. The topological polar surface area (TPSA) is 76.9 Å². The van der Waals surface area contributed by atoms with E-state index >= 15 is 0 Å². The van der Waals surface area contributed by atoms with Gasteiger partial charge in [0.15, 0.2) is 9.84 Å². The van der Waals surface area contributed by atoms with Gasteiger partial charge in [-0.3, -0.25) is 0 Å². The van der Waals surface area contributed by atoms with Crippen LogP contribution in [0.15, 0.2) is 17.8 Å². The minimum atomic E-state index is -3.00. The number of hydrogen-bond acceptors (Lipinski definition) is 5. The van der Waals surface area contributed by atoms with Crippen molar-refractivity contribution in [3.05, 3.63) is 23.6 Å². The van der Waals surface area contributed by atoms with E-state index in [1.807, 2.05) is 18.5 Å². The van der Waals surface area contributed by atoms with Gasteiger partial charge in [-0.1, -0.05) is 6.08 Å². The molecule has 6 nitrogen and oxygen atoms in total. The summed E-state index contributed by atoms with van der Waals surface area (Å²) in [7, 11) is -3.00. The van der Waals surface area contributed by atoms with Gasteiger partial charge >= 0.3 is 0 Å². The molecule has 1 aromatic heterocycles. The summed E-state index contributed by atoms with van der Waals surface area (Å²) in [5.41, 5.74) is 0. The molecule has 7 heteroatoms. The lowest BCUT2D eigenvalue weighted by molar-refractivity contribution is 0.484. The Morgan fingerprint density at radius 2 is 2.35 bits per heavy atom. The van der Waals surface area contributed by atoms with E-state index in [9.17, 15) is 8.42 Å². The number of hydrogen-bond donors (Lipinski definition) is 1. The summed E-state index contributed by atoms with van der Waals surface area (Å²) >= 11 is 0. The van der Waals surface area contributed by atoms with Crippen LogP contribution in [0, 0.1) is 0 Å². The molecule has 1 unspecified atom stereocenters. The summed E-state index contributed by atoms with van der Waals surface area (Å²) in [4.78, 5) is 4.15. The van der Waals surface area contributed by atoms with Crippen LogP contribution in [0.5, 0.6) is 0 Å². The molecule has 2 rings (SSSR count). The first-order chi connectivity index (χ1) is 7.98. The van der Waals surface area contributed by atoms with E-state index in [2.05, 4.69) is 15.4 Å². The highest BCUT2D eigenvalue weighted by Gasteiger charge is 2.21. The maximum Gasteiger partial charge on any atom is 0.173 e. The third kappa shape index (κ3) is 2.92. The molecule has 0 spiro atoms. The molecule has 17 heavy (non-hydrogen) atoms.